The van der Waals surface area contributed by atoms with Gasteiger partial charge in [0.2, 0.25) is 0 Å². The molecule has 0 spiro atoms. The summed E-state index contributed by atoms with van der Waals surface area (Å²) in [5, 5.41) is 9.75. The molecule has 1 aliphatic carbocycles. The third kappa shape index (κ3) is 2.21. The van der Waals surface area contributed by atoms with Gasteiger partial charge in [-0.05, 0) is 18.8 Å². The first-order valence-electron chi connectivity index (χ1n) is 6.93. The molecule has 0 amide bonds. The van der Waals surface area contributed by atoms with Gasteiger partial charge in [-0.2, -0.15) is 0 Å². The molecule has 1 saturated carbocycles. The third-order valence-electron chi connectivity index (χ3n) is 4.68. The quantitative estimate of drug-likeness (QED) is 0.885. The topological polar surface area (TPSA) is 58.5 Å². The lowest BCUT2D eigenvalue weighted by Gasteiger charge is -2.26. The monoisotopic (exact) mass is 263 g/mol. The van der Waals surface area contributed by atoms with E-state index in [2.05, 4.69) is 14.9 Å². The van der Waals surface area contributed by atoms with Gasteiger partial charge >= 0.3 is 0 Å². The zero-order chi connectivity index (χ0) is 13.3. The van der Waals surface area contributed by atoms with Gasteiger partial charge in [0.15, 0.2) is 0 Å². The van der Waals surface area contributed by atoms with E-state index in [1.165, 1.54) is 12.8 Å². The summed E-state index contributed by atoms with van der Waals surface area (Å²) in [7, 11) is 1.67. The number of fused-ring (bicyclic) bond motifs is 1. The second-order valence-corrected chi connectivity index (χ2v) is 5.79. The minimum absolute atomic E-state index is 0.104. The highest BCUT2D eigenvalue weighted by Gasteiger charge is 2.49. The molecular formula is C14H21N3O2. The minimum atomic E-state index is 0.104. The van der Waals surface area contributed by atoms with Gasteiger partial charge in [0.05, 0.1) is 18.9 Å². The van der Waals surface area contributed by atoms with E-state index in [1.54, 1.807) is 13.4 Å². The molecule has 0 radical (unpaired) electrons. The minimum Gasteiger partial charge on any atom is -0.396 e. The van der Waals surface area contributed by atoms with Crippen LogP contribution in [0.15, 0.2) is 12.4 Å². The zero-order valence-electron chi connectivity index (χ0n) is 11.4. The van der Waals surface area contributed by atoms with Gasteiger partial charge < -0.3 is 14.7 Å². The van der Waals surface area contributed by atoms with E-state index in [0.717, 1.165) is 31.0 Å². The average molecular weight is 263 g/mol. The molecule has 3 rings (SSSR count). The molecule has 2 heterocycles. The van der Waals surface area contributed by atoms with Crippen molar-refractivity contribution in [2.75, 3.05) is 31.7 Å². The van der Waals surface area contributed by atoms with E-state index < -0.39 is 0 Å². The fraction of sp³-hybridized carbons (Fsp3) is 0.714. The lowest BCUT2D eigenvalue weighted by molar-refractivity contribution is 0.121. The van der Waals surface area contributed by atoms with E-state index in [1.807, 2.05) is 6.07 Å². The van der Waals surface area contributed by atoms with E-state index >= 15 is 0 Å². The van der Waals surface area contributed by atoms with Gasteiger partial charge in [0.25, 0.3) is 0 Å². The zero-order valence-corrected chi connectivity index (χ0v) is 11.4. The number of methoxy groups -OCH3 is 1. The van der Waals surface area contributed by atoms with Gasteiger partial charge in [-0.1, -0.05) is 6.42 Å². The third-order valence-corrected chi connectivity index (χ3v) is 4.68. The molecule has 19 heavy (non-hydrogen) atoms. The Morgan fingerprint density at radius 1 is 1.53 bits per heavy atom. The Hall–Kier alpha value is -1.20. The van der Waals surface area contributed by atoms with Crippen molar-refractivity contribution in [1.29, 1.82) is 0 Å². The Balaban J connectivity index is 1.79. The predicted octanol–water partition coefficient (Wildman–Crippen LogP) is 1.22. The molecule has 1 aromatic heterocycles. The van der Waals surface area contributed by atoms with Gasteiger partial charge in [0, 0.05) is 31.7 Å². The number of aliphatic hydroxyl groups is 1. The Morgan fingerprint density at radius 2 is 2.42 bits per heavy atom. The van der Waals surface area contributed by atoms with Crippen molar-refractivity contribution in [2.45, 2.75) is 25.9 Å². The van der Waals surface area contributed by atoms with Crippen LogP contribution in [0.2, 0.25) is 0 Å². The summed E-state index contributed by atoms with van der Waals surface area (Å²) in [5.41, 5.74) is 1.01. The molecular weight excluding hydrogens is 242 g/mol. The van der Waals surface area contributed by atoms with E-state index in [9.17, 15) is 5.11 Å². The molecule has 2 fully saturated rings. The van der Waals surface area contributed by atoms with Crippen LogP contribution in [0.1, 0.15) is 25.0 Å². The predicted molar refractivity (Wildman–Crippen MR) is 71.8 cm³/mol. The first-order valence-corrected chi connectivity index (χ1v) is 6.93. The second-order valence-electron chi connectivity index (χ2n) is 5.79. The molecule has 1 aliphatic heterocycles. The largest absolute Gasteiger partial charge is 0.396 e. The Bertz CT molecular complexity index is 454. The van der Waals surface area contributed by atoms with E-state index in [4.69, 9.17) is 4.74 Å². The standard InChI is InChI=1S/C14H21N3O2/c1-19-7-12-5-13(16-10-15-12)17-6-11-3-2-4-14(11,8-17)9-18/h5,10-11,18H,2-4,6-9H2,1H3/t11-,14+/m1/s1. The number of ether oxygens (including phenoxy) is 1. The van der Waals surface area contributed by atoms with Gasteiger partial charge in [0.1, 0.15) is 12.1 Å². The molecule has 1 saturated heterocycles. The lowest BCUT2D eigenvalue weighted by atomic mass is 9.82. The number of rotatable bonds is 4. The highest BCUT2D eigenvalue weighted by atomic mass is 16.5. The molecule has 1 N–H and O–H groups in total. The van der Waals surface area contributed by atoms with Crippen LogP contribution >= 0.6 is 0 Å². The number of aliphatic hydroxyl groups excluding tert-OH is 1. The highest BCUT2D eigenvalue weighted by Crippen LogP contribution is 2.48. The first kappa shape index (κ1) is 12.8. The van der Waals surface area contributed by atoms with Crippen molar-refractivity contribution in [3.05, 3.63) is 18.1 Å². The van der Waals surface area contributed by atoms with Crippen molar-refractivity contribution >= 4 is 5.82 Å². The molecule has 0 aromatic carbocycles. The molecule has 0 bridgehead atoms. The van der Waals surface area contributed by atoms with Crippen LogP contribution in [0, 0.1) is 11.3 Å². The van der Waals surface area contributed by atoms with Crippen molar-refractivity contribution in [1.82, 2.24) is 9.97 Å². The maximum absolute atomic E-state index is 9.75. The van der Waals surface area contributed by atoms with Gasteiger partial charge in [-0.25, -0.2) is 9.97 Å². The van der Waals surface area contributed by atoms with Crippen LogP contribution in [0.25, 0.3) is 0 Å². The summed E-state index contributed by atoms with van der Waals surface area (Å²) < 4.78 is 5.11. The molecule has 104 valence electrons. The van der Waals surface area contributed by atoms with E-state index in [-0.39, 0.29) is 5.41 Å². The SMILES string of the molecule is COCc1cc(N2C[C@H]3CCC[C@@]3(CO)C2)ncn1. The van der Waals surface area contributed by atoms with Crippen LogP contribution < -0.4 is 4.90 Å². The van der Waals surface area contributed by atoms with Crippen LogP contribution in [0.4, 0.5) is 5.82 Å². The van der Waals surface area contributed by atoms with Gasteiger partial charge in [-0.15, -0.1) is 0 Å². The maximum Gasteiger partial charge on any atom is 0.132 e. The Labute approximate surface area is 113 Å². The maximum atomic E-state index is 9.75. The molecule has 5 nitrogen and oxygen atoms in total. The van der Waals surface area contributed by atoms with Crippen molar-refractivity contribution in [2.24, 2.45) is 11.3 Å². The van der Waals surface area contributed by atoms with Crippen LogP contribution in [0.5, 0.6) is 0 Å². The fourth-order valence-corrected chi connectivity index (χ4v) is 3.63. The van der Waals surface area contributed by atoms with Crippen molar-refractivity contribution in [3.63, 3.8) is 0 Å². The van der Waals surface area contributed by atoms with Crippen molar-refractivity contribution < 1.29 is 9.84 Å². The molecule has 1 aromatic rings. The summed E-state index contributed by atoms with van der Waals surface area (Å²) >= 11 is 0. The number of anilines is 1. The van der Waals surface area contributed by atoms with Crippen LogP contribution in [-0.2, 0) is 11.3 Å². The second kappa shape index (κ2) is 5.06. The first-order chi connectivity index (χ1) is 9.27. The van der Waals surface area contributed by atoms with Crippen LogP contribution in [0.3, 0.4) is 0 Å². The summed E-state index contributed by atoms with van der Waals surface area (Å²) in [6.45, 7) is 2.73. The molecule has 2 atom stereocenters. The lowest BCUT2D eigenvalue weighted by Crippen LogP contribution is -2.31. The smallest absolute Gasteiger partial charge is 0.132 e. The Kier molecular flexibility index (Phi) is 3.41. The summed E-state index contributed by atoms with van der Waals surface area (Å²) in [6.07, 6.45) is 5.22. The van der Waals surface area contributed by atoms with Gasteiger partial charge in [-0.3, -0.25) is 0 Å². The normalized spacial score (nSPS) is 29.8. The number of hydrogen-bond donors (Lipinski definition) is 1. The fourth-order valence-electron chi connectivity index (χ4n) is 3.63. The summed E-state index contributed by atoms with van der Waals surface area (Å²) in [6, 6.07) is 2.00. The van der Waals surface area contributed by atoms with Crippen molar-refractivity contribution in [3.8, 4) is 0 Å². The molecule has 5 heteroatoms. The van der Waals surface area contributed by atoms with E-state index in [0.29, 0.717) is 19.1 Å². The number of aromatic nitrogens is 2. The Morgan fingerprint density at radius 3 is 3.16 bits per heavy atom. The highest BCUT2D eigenvalue weighted by molar-refractivity contribution is 5.41. The summed E-state index contributed by atoms with van der Waals surface area (Å²) in [5.74, 6) is 1.57. The molecule has 2 aliphatic rings. The number of hydrogen-bond acceptors (Lipinski definition) is 5. The van der Waals surface area contributed by atoms with Crippen LogP contribution in [-0.4, -0.2) is 41.9 Å². The number of nitrogens with zero attached hydrogens (tertiary/aromatic N) is 3. The molecule has 0 unspecified atom stereocenters. The summed E-state index contributed by atoms with van der Waals surface area (Å²) in [4.78, 5) is 10.9. The average Bonchev–Trinajstić information content (AvgIpc) is 2.96.